The van der Waals surface area contributed by atoms with Crippen LogP contribution in [0.25, 0.3) is 0 Å². The molecule has 1 atom stereocenters. The molecule has 2 aromatic carbocycles. The lowest BCUT2D eigenvalue weighted by Gasteiger charge is -2.07. The highest BCUT2D eigenvalue weighted by Gasteiger charge is 2.30. The zero-order valence-electron chi connectivity index (χ0n) is 12.7. The van der Waals surface area contributed by atoms with E-state index in [0.717, 1.165) is 0 Å². The van der Waals surface area contributed by atoms with Crippen molar-refractivity contribution in [1.29, 1.82) is 0 Å². The summed E-state index contributed by atoms with van der Waals surface area (Å²) in [4.78, 5) is 12.1. The highest BCUT2D eigenvalue weighted by atomic mass is 35.5. The van der Waals surface area contributed by atoms with Gasteiger partial charge in [0, 0.05) is 16.1 Å². The third-order valence-electron chi connectivity index (χ3n) is 3.95. The van der Waals surface area contributed by atoms with Crippen molar-refractivity contribution in [2.75, 3.05) is 0 Å². The maximum Gasteiger partial charge on any atom is 0.275 e. The number of carbonyl (C=O) groups excluding carboxylic acids is 1. The van der Waals surface area contributed by atoms with Gasteiger partial charge in [-0.2, -0.15) is 5.10 Å². The van der Waals surface area contributed by atoms with Gasteiger partial charge in [-0.25, -0.2) is 9.82 Å². The molecule has 3 rings (SSSR count). The van der Waals surface area contributed by atoms with E-state index < -0.39 is 11.7 Å². The average Bonchev–Trinajstić information content (AvgIpc) is 2.89. The van der Waals surface area contributed by atoms with Crippen LogP contribution in [-0.4, -0.2) is 21.8 Å². The number of nitrogens with one attached hydrogen (secondary N) is 1. The van der Waals surface area contributed by atoms with Gasteiger partial charge in [-0.05, 0) is 42.7 Å². The van der Waals surface area contributed by atoms with Gasteiger partial charge < -0.3 is 10.2 Å². The van der Waals surface area contributed by atoms with Gasteiger partial charge in [-0.1, -0.05) is 18.5 Å². The van der Waals surface area contributed by atoms with Crippen molar-refractivity contribution in [3.63, 3.8) is 0 Å². The number of nitrogens with zero attached hydrogens (tertiary/aromatic N) is 1. The van der Waals surface area contributed by atoms with Crippen LogP contribution in [-0.2, 0) is 0 Å². The largest absolute Gasteiger partial charge is 0.507 e. The van der Waals surface area contributed by atoms with Crippen molar-refractivity contribution in [2.24, 2.45) is 5.10 Å². The van der Waals surface area contributed by atoms with Crippen LogP contribution < -0.4 is 5.43 Å². The van der Waals surface area contributed by atoms with Crippen LogP contribution in [0.4, 0.5) is 4.39 Å². The average molecular weight is 349 g/mol. The Morgan fingerprint density at radius 2 is 2.00 bits per heavy atom. The van der Waals surface area contributed by atoms with Gasteiger partial charge >= 0.3 is 0 Å². The van der Waals surface area contributed by atoms with E-state index in [9.17, 15) is 19.4 Å². The Morgan fingerprint density at radius 1 is 1.29 bits per heavy atom. The zero-order valence-corrected chi connectivity index (χ0v) is 13.4. The van der Waals surface area contributed by atoms with Crippen molar-refractivity contribution >= 4 is 23.2 Å². The van der Waals surface area contributed by atoms with Gasteiger partial charge in [0.1, 0.15) is 17.3 Å². The summed E-state index contributed by atoms with van der Waals surface area (Å²) in [7, 11) is 0. The fraction of sp³-hybridized carbons (Fsp3) is 0.176. The summed E-state index contributed by atoms with van der Waals surface area (Å²) in [6.45, 7) is 1.81. The molecular formula is C17H14ClFN2O3. The monoisotopic (exact) mass is 348 g/mol. The minimum atomic E-state index is -0.653. The van der Waals surface area contributed by atoms with E-state index in [1.807, 2.05) is 6.92 Å². The summed E-state index contributed by atoms with van der Waals surface area (Å²) in [5.74, 6) is -1.55. The number of hydrazone groups is 1. The third kappa shape index (κ3) is 2.80. The molecule has 0 saturated carbocycles. The minimum absolute atomic E-state index is 0.0263. The Morgan fingerprint density at radius 3 is 2.75 bits per heavy atom. The molecule has 0 fully saturated rings. The molecule has 0 saturated heterocycles. The first-order valence-corrected chi connectivity index (χ1v) is 7.63. The van der Waals surface area contributed by atoms with Gasteiger partial charge in [0.25, 0.3) is 5.91 Å². The Bertz CT molecular complexity index is 867. The van der Waals surface area contributed by atoms with Crippen molar-refractivity contribution < 1.29 is 19.4 Å². The van der Waals surface area contributed by atoms with E-state index in [1.54, 1.807) is 0 Å². The maximum atomic E-state index is 14.0. The molecule has 24 heavy (non-hydrogen) atoms. The van der Waals surface area contributed by atoms with E-state index >= 15 is 0 Å². The van der Waals surface area contributed by atoms with Crippen LogP contribution in [0.2, 0.25) is 5.02 Å². The van der Waals surface area contributed by atoms with Crippen molar-refractivity contribution in [1.82, 2.24) is 5.43 Å². The standard InChI is InChI=1S/C17H14ClFN2O3/c1-8-6-12(16-14(23)5-3-11(19)15(8)16)20-21-17(24)10-7-9(18)2-4-13(10)22/h2-5,7-8,22-23H,6H2,1H3,(H,21,24)/b20-12+/t8-/m0/s1. The molecule has 0 aliphatic heterocycles. The second kappa shape index (κ2) is 6.13. The second-order valence-electron chi connectivity index (χ2n) is 5.62. The second-order valence-corrected chi connectivity index (χ2v) is 6.06. The molecule has 0 unspecified atom stereocenters. The van der Waals surface area contributed by atoms with Gasteiger partial charge in [-0.15, -0.1) is 0 Å². The number of hydrogen-bond donors (Lipinski definition) is 3. The lowest BCUT2D eigenvalue weighted by atomic mass is 10.0. The maximum absolute atomic E-state index is 14.0. The van der Waals surface area contributed by atoms with Gasteiger partial charge in [0.2, 0.25) is 0 Å². The van der Waals surface area contributed by atoms with E-state index in [0.29, 0.717) is 28.3 Å². The zero-order chi connectivity index (χ0) is 17.4. The van der Waals surface area contributed by atoms with Crippen LogP contribution in [0.3, 0.4) is 0 Å². The van der Waals surface area contributed by atoms with Crippen molar-refractivity contribution in [2.45, 2.75) is 19.3 Å². The molecule has 0 aromatic heterocycles. The number of halogens is 2. The Kier molecular flexibility index (Phi) is 4.15. The Hall–Kier alpha value is -2.60. The summed E-state index contributed by atoms with van der Waals surface area (Å²) in [6.07, 6.45) is 0.381. The Balaban J connectivity index is 1.91. The highest BCUT2D eigenvalue weighted by Crippen LogP contribution is 2.39. The molecular weight excluding hydrogens is 335 g/mol. The number of benzene rings is 2. The predicted octanol–water partition coefficient (Wildman–Crippen LogP) is 3.53. The number of amides is 1. The fourth-order valence-electron chi connectivity index (χ4n) is 2.83. The topological polar surface area (TPSA) is 81.9 Å². The molecule has 2 aromatic rings. The third-order valence-corrected chi connectivity index (χ3v) is 4.18. The van der Waals surface area contributed by atoms with Crippen molar-refractivity contribution in [3.05, 3.63) is 57.9 Å². The normalized spacial score (nSPS) is 17.8. The first-order chi connectivity index (χ1) is 11.4. The minimum Gasteiger partial charge on any atom is -0.507 e. The smallest absolute Gasteiger partial charge is 0.275 e. The number of fused-ring (bicyclic) bond motifs is 1. The quantitative estimate of drug-likeness (QED) is 0.726. The van der Waals surface area contributed by atoms with Crippen LogP contribution >= 0.6 is 11.6 Å². The summed E-state index contributed by atoms with van der Waals surface area (Å²) >= 11 is 5.81. The Labute approximate surface area is 142 Å². The number of rotatable bonds is 2. The van der Waals surface area contributed by atoms with E-state index in [1.165, 1.54) is 30.3 Å². The molecule has 5 nitrogen and oxygen atoms in total. The van der Waals surface area contributed by atoms with Crippen LogP contribution in [0, 0.1) is 5.82 Å². The number of phenols is 2. The van der Waals surface area contributed by atoms with Crippen LogP contribution in [0.1, 0.15) is 40.7 Å². The van der Waals surface area contributed by atoms with E-state index in [-0.39, 0.29) is 23.0 Å². The van der Waals surface area contributed by atoms with Gasteiger partial charge in [0.05, 0.1) is 11.3 Å². The molecule has 0 radical (unpaired) electrons. The van der Waals surface area contributed by atoms with Crippen LogP contribution in [0.15, 0.2) is 35.4 Å². The molecule has 0 bridgehead atoms. The van der Waals surface area contributed by atoms with Gasteiger partial charge in [-0.3, -0.25) is 4.79 Å². The summed E-state index contributed by atoms with van der Waals surface area (Å²) in [5, 5.41) is 24.0. The first-order valence-electron chi connectivity index (χ1n) is 7.25. The molecule has 3 N–H and O–H groups in total. The number of carbonyl (C=O) groups is 1. The van der Waals surface area contributed by atoms with E-state index in [2.05, 4.69) is 10.5 Å². The van der Waals surface area contributed by atoms with Crippen molar-refractivity contribution in [3.8, 4) is 11.5 Å². The lowest BCUT2D eigenvalue weighted by Crippen LogP contribution is -2.19. The van der Waals surface area contributed by atoms with E-state index in [4.69, 9.17) is 11.6 Å². The SMILES string of the molecule is C[C@H]1C/C(=N\NC(=O)c2cc(Cl)ccc2O)c2c(O)ccc(F)c21. The number of phenolic OH excluding ortho intramolecular Hbond substituents is 2. The van der Waals surface area contributed by atoms with Gasteiger partial charge in [0.15, 0.2) is 0 Å². The number of hydrogen-bond acceptors (Lipinski definition) is 4. The highest BCUT2D eigenvalue weighted by molar-refractivity contribution is 6.31. The summed E-state index contributed by atoms with van der Waals surface area (Å²) in [6, 6.07) is 6.53. The summed E-state index contributed by atoms with van der Waals surface area (Å²) in [5.41, 5.74) is 3.35. The molecule has 1 amide bonds. The fourth-order valence-corrected chi connectivity index (χ4v) is 3.00. The first kappa shape index (κ1) is 16.3. The molecule has 1 aliphatic carbocycles. The molecule has 0 spiro atoms. The lowest BCUT2D eigenvalue weighted by molar-refractivity contribution is 0.0952. The molecule has 124 valence electrons. The molecule has 0 heterocycles. The predicted molar refractivity (Wildman–Crippen MR) is 88.2 cm³/mol. The summed E-state index contributed by atoms with van der Waals surface area (Å²) < 4.78 is 14.0. The molecule has 1 aliphatic rings. The number of aromatic hydroxyl groups is 2. The van der Waals surface area contributed by atoms with Crippen LogP contribution in [0.5, 0.6) is 11.5 Å². The molecule has 7 heteroatoms.